The second-order valence-electron chi connectivity index (χ2n) is 7.60. The van der Waals surface area contributed by atoms with E-state index in [1.54, 1.807) is 48.5 Å². The minimum absolute atomic E-state index is 0.329. The SMILES string of the molecule is COc1cccc(C(=O)NCC(=O)OCC(=O)N2N=C(c3ccc(Cl)cc3)CC2c2ccco2)c1. The van der Waals surface area contributed by atoms with Crippen LogP contribution in [-0.2, 0) is 14.3 Å². The fourth-order valence-electron chi connectivity index (χ4n) is 3.54. The smallest absolute Gasteiger partial charge is 0.325 e. The average molecular weight is 496 g/mol. The zero-order valence-electron chi connectivity index (χ0n) is 18.8. The number of benzene rings is 2. The molecule has 9 nitrogen and oxygen atoms in total. The summed E-state index contributed by atoms with van der Waals surface area (Å²) in [6.07, 6.45) is 1.94. The molecule has 0 spiro atoms. The summed E-state index contributed by atoms with van der Waals surface area (Å²) in [5.41, 5.74) is 1.82. The topological polar surface area (TPSA) is 110 Å². The number of carbonyl (C=O) groups excluding carboxylic acids is 3. The Bertz CT molecular complexity index is 1240. The van der Waals surface area contributed by atoms with E-state index in [1.165, 1.54) is 18.4 Å². The molecule has 0 bridgehead atoms. The van der Waals surface area contributed by atoms with Crippen molar-refractivity contribution in [3.05, 3.63) is 88.8 Å². The van der Waals surface area contributed by atoms with Gasteiger partial charge in [-0.1, -0.05) is 29.8 Å². The molecule has 1 N–H and O–H groups in total. The van der Waals surface area contributed by atoms with Gasteiger partial charge in [0, 0.05) is 17.0 Å². The summed E-state index contributed by atoms with van der Waals surface area (Å²) in [7, 11) is 1.49. The number of esters is 1. The number of hydrazone groups is 1. The largest absolute Gasteiger partial charge is 0.497 e. The van der Waals surface area contributed by atoms with Gasteiger partial charge in [0.25, 0.3) is 11.8 Å². The summed E-state index contributed by atoms with van der Waals surface area (Å²) in [6.45, 7) is -0.938. The Labute approximate surface area is 206 Å². The fourth-order valence-corrected chi connectivity index (χ4v) is 3.66. The zero-order valence-corrected chi connectivity index (χ0v) is 19.5. The van der Waals surface area contributed by atoms with Gasteiger partial charge in [-0.25, -0.2) is 5.01 Å². The first-order valence-electron chi connectivity index (χ1n) is 10.7. The number of methoxy groups -OCH3 is 1. The van der Waals surface area contributed by atoms with Crippen molar-refractivity contribution in [2.45, 2.75) is 12.5 Å². The van der Waals surface area contributed by atoms with Gasteiger partial charge in [0.1, 0.15) is 24.1 Å². The van der Waals surface area contributed by atoms with E-state index in [9.17, 15) is 14.4 Å². The molecule has 2 aromatic carbocycles. The van der Waals surface area contributed by atoms with Gasteiger partial charge in [-0.05, 0) is 48.0 Å². The molecule has 3 aromatic rings. The first-order valence-corrected chi connectivity index (χ1v) is 11.1. The van der Waals surface area contributed by atoms with Gasteiger partial charge in [-0.15, -0.1) is 0 Å². The molecule has 2 heterocycles. The second-order valence-corrected chi connectivity index (χ2v) is 8.04. The van der Waals surface area contributed by atoms with E-state index >= 15 is 0 Å². The first-order chi connectivity index (χ1) is 16.9. The van der Waals surface area contributed by atoms with Crippen LogP contribution in [0.3, 0.4) is 0 Å². The molecular formula is C25H22ClN3O6. The average Bonchev–Trinajstić information content (AvgIpc) is 3.56. The highest BCUT2D eigenvalue weighted by molar-refractivity contribution is 6.30. The van der Waals surface area contributed by atoms with Crippen LogP contribution in [0, 0.1) is 0 Å². The highest BCUT2D eigenvalue weighted by Gasteiger charge is 2.35. The van der Waals surface area contributed by atoms with Crippen LogP contribution in [0.15, 0.2) is 76.4 Å². The van der Waals surface area contributed by atoms with Crippen molar-refractivity contribution in [3.8, 4) is 5.75 Å². The molecule has 1 atom stereocenters. The van der Waals surface area contributed by atoms with Gasteiger partial charge in [0.2, 0.25) is 0 Å². The van der Waals surface area contributed by atoms with E-state index in [2.05, 4.69) is 10.4 Å². The third-order valence-electron chi connectivity index (χ3n) is 5.30. The molecular weight excluding hydrogens is 474 g/mol. The molecule has 0 saturated heterocycles. The van der Waals surface area contributed by atoms with E-state index in [1.807, 2.05) is 12.1 Å². The van der Waals surface area contributed by atoms with E-state index in [4.69, 9.17) is 25.5 Å². The van der Waals surface area contributed by atoms with Crippen LogP contribution in [0.5, 0.6) is 5.75 Å². The summed E-state index contributed by atoms with van der Waals surface area (Å²) >= 11 is 5.97. The van der Waals surface area contributed by atoms with Gasteiger partial charge < -0.3 is 19.2 Å². The Balaban J connectivity index is 1.36. The Morgan fingerprint density at radius 3 is 2.66 bits per heavy atom. The number of rotatable bonds is 8. The van der Waals surface area contributed by atoms with Gasteiger partial charge in [-0.2, -0.15) is 5.10 Å². The van der Waals surface area contributed by atoms with Gasteiger partial charge in [-0.3, -0.25) is 14.4 Å². The van der Waals surface area contributed by atoms with Crippen LogP contribution in [0.4, 0.5) is 0 Å². The molecule has 1 unspecified atom stereocenters. The number of hydrogen-bond acceptors (Lipinski definition) is 7. The summed E-state index contributed by atoms with van der Waals surface area (Å²) in [4.78, 5) is 37.3. The predicted molar refractivity (Wildman–Crippen MR) is 127 cm³/mol. The van der Waals surface area contributed by atoms with Crippen LogP contribution in [0.25, 0.3) is 0 Å². The number of nitrogens with zero attached hydrogens (tertiary/aromatic N) is 2. The number of furan rings is 1. The fraction of sp³-hybridized carbons (Fsp3) is 0.200. The lowest BCUT2D eigenvalue weighted by atomic mass is 10.0. The van der Waals surface area contributed by atoms with E-state index < -0.39 is 37.0 Å². The van der Waals surface area contributed by atoms with Crippen molar-refractivity contribution in [2.75, 3.05) is 20.3 Å². The zero-order chi connectivity index (χ0) is 24.8. The number of hydrogen-bond donors (Lipinski definition) is 1. The number of halogens is 1. The Kier molecular flexibility index (Phi) is 7.47. The molecule has 1 aromatic heterocycles. The van der Waals surface area contributed by atoms with Crippen molar-refractivity contribution in [1.29, 1.82) is 0 Å². The molecule has 35 heavy (non-hydrogen) atoms. The molecule has 0 aliphatic carbocycles. The Morgan fingerprint density at radius 1 is 1.14 bits per heavy atom. The lowest BCUT2D eigenvalue weighted by Crippen LogP contribution is -2.34. The van der Waals surface area contributed by atoms with Crippen LogP contribution in [-0.4, -0.2) is 48.8 Å². The molecule has 180 valence electrons. The maximum atomic E-state index is 12.9. The van der Waals surface area contributed by atoms with Gasteiger partial charge in [0.15, 0.2) is 6.61 Å². The van der Waals surface area contributed by atoms with Crippen LogP contribution < -0.4 is 10.1 Å². The first kappa shape index (κ1) is 24.0. The second kappa shape index (κ2) is 10.9. The van der Waals surface area contributed by atoms with E-state index in [0.717, 1.165) is 5.56 Å². The van der Waals surface area contributed by atoms with Crippen LogP contribution >= 0.6 is 11.6 Å². The third-order valence-corrected chi connectivity index (χ3v) is 5.55. The molecule has 2 amide bonds. The molecule has 0 saturated carbocycles. The number of ether oxygens (including phenoxy) is 2. The van der Waals surface area contributed by atoms with Crippen molar-refractivity contribution in [3.63, 3.8) is 0 Å². The Morgan fingerprint density at radius 2 is 1.94 bits per heavy atom. The van der Waals surface area contributed by atoms with Crippen molar-refractivity contribution in [1.82, 2.24) is 10.3 Å². The van der Waals surface area contributed by atoms with Crippen LogP contribution in [0.2, 0.25) is 5.02 Å². The summed E-state index contributed by atoms with van der Waals surface area (Å²) in [5.74, 6) is -0.682. The number of carbonyl (C=O) groups is 3. The van der Waals surface area contributed by atoms with E-state index in [-0.39, 0.29) is 0 Å². The van der Waals surface area contributed by atoms with Crippen molar-refractivity contribution >= 4 is 35.1 Å². The Hall–Kier alpha value is -4.11. The molecule has 1 aliphatic rings. The minimum Gasteiger partial charge on any atom is -0.497 e. The summed E-state index contributed by atoms with van der Waals surface area (Å²) in [5, 5.41) is 8.76. The monoisotopic (exact) mass is 495 g/mol. The maximum Gasteiger partial charge on any atom is 0.325 e. The molecule has 10 heteroatoms. The molecule has 4 rings (SSSR count). The van der Waals surface area contributed by atoms with Gasteiger partial charge >= 0.3 is 5.97 Å². The number of amides is 2. The van der Waals surface area contributed by atoms with E-state index in [0.29, 0.717) is 34.2 Å². The third kappa shape index (κ3) is 5.88. The summed E-state index contributed by atoms with van der Waals surface area (Å²) < 4.78 is 15.7. The molecule has 1 aliphatic heterocycles. The maximum absolute atomic E-state index is 12.9. The van der Waals surface area contributed by atoms with Crippen LogP contribution in [0.1, 0.15) is 34.1 Å². The summed E-state index contributed by atoms with van der Waals surface area (Å²) in [6, 6.07) is 16.6. The normalized spacial score (nSPS) is 14.9. The number of nitrogens with one attached hydrogen (secondary N) is 1. The molecule has 0 radical (unpaired) electrons. The molecule has 0 fully saturated rings. The van der Waals surface area contributed by atoms with Gasteiger partial charge in [0.05, 0.1) is 19.1 Å². The van der Waals surface area contributed by atoms with Crippen molar-refractivity contribution in [2.24, 2.45) is 5.10 Å². The highest BCUT2D eigenvalue weighted by atomic mass is 35.5. The quantitative estimate of drug-likeness (QED) is 0.478. The van der Waals surface area contributed by atoms with Crippen molar-refractivity contribution < 1.29 is 28.3 Å². The highest BCUT2D eigenvalue weighted by Crippen LogP contribution is 2.33. The standard InChI is InChI=1S/C25H22ClN3O6/c1-33-19-5-2-4-17(12-19)25(32)27-14-24(31)35-15-23(30)29-21(22-6-3-11-34-22)13-20(28-29)16-7-9-18(26)10-8-16/h2-12,21H,13-15H2,1H3,(H,27,32). The lowest BCUT2D eigenvalue weighted by Gasteiger charge is -2.19. The lowest BCUT2D eigenvalue weighted by molar-refractivity contribution is -0.152. The predicted octanol–water partition coefficient (Wildman–Crippen LogP) is 3.59. The minimum atomic E-state index is -0.759.